The average Bonchev–Trinajstić information content (AvgIpc) is 2.67. The monoisotopic (exact) mass is 384 g/mol. The summed E-state index contributed by atoms with van der Waals surface area (Å²) >= 11 is 1.73. The van der Waals surface area contributed by atoms with Gasteiger partial charge in [0.15, 0.2) is 0 Å². The molecule has 1 fully saturated rings. The number of anilines is 2. The molecule has 0 aliphatic carbocycles. The second-order valence-corrected chi connectivity index (χ2v) is 8.16. The summed E-state index contributed by atoms with van der Waals surface area (Å²) in [6, 6.07) is 12.7. The molecule has 0 saturated carbocycles. The van der Waals surface area contributed by atoms with Crippen molar-refractivity contribution in [2.45, 2.75) is 32.1 Å². The van der Waals surface area contributed by atoms with Gasteiger partial charge in [-0.1, -0.05) is 6.07 Å². The summed E-state index contributed by atoms with van der Waals surface area (Å²) in [4.78, 5) is 15.9. The Morgan fingerprint density at radius 3 is 2.52 bits per heavy atom. The molecule has 1 saturated heterocycles. The van der Waals surface area contributed by atoms with Crippen molar-refractivity contribution >= 4 is 29.0 Å². The molecule has 0 spiro atoms. The third-order valence-electron chi connectivity index (χ3n) is 4.94. The number of aryl methyl sites for hydroxylation is 3. The molecule has 144 valence electrons. The molecular formula is C22H28N2O2S. The van der Waals surface area contributed by atoms with Crippen LogP contribution in [0.1, 0.15) is 23.1 Å². The molecular weight excluding hydrogens is 356 g/mol. The van der Waals surface area contributed by atoms with E-state index in [1.54, 1.807) is 11.8 Å². The van der Waals surface area contributed by atoms with Gasteiger partial charge in [0.25, 0.3) is 0 Å². The number of carbonyl (C=O) groups excluding carboxylic acids is 1. The molecule has 1 amide bonds. The maximum atomic E-state index is 12.3. The lowest BCUT2D eigenvalue weighted by atomic mass is 10.1. The first-order valence-corrected chi connectivity index (χ1v) is 10.4. The quantitative estimate of drug-likeness (QED) is 0.741. The normalized spacial score (nSPS) is 14.3. The number of thioether (sulfide) groups is 1. The Bertz CT molecular complexity index is 801. The van der Waals surface area contributed by atoms with Crippen LogP contribution in [-0.2, 0) is 9.53 Å². The molecule has 1 heterocycles. The summed E-state index contributed by atoms with van der Waals surface area (Å²) in [6.07, 6.45) is 0.502. The van der Waals surface area contributed by atoms with Gasteiger partial charge in [-0.05, 0) is 67.8 Å². The Morgan fingerprint density at radius 2 is 1.81 bits per heavy atom. The van der Waals surface area contributed by atoms with Gasteiger partial charge in [0.2, 0.25) is 5.91 Å². The van der Waals surface area contributed by atoms with Crippen LogP contribution in [0.4, 0.5) is 11.4 Å². The van der Waals surface area contributed by atoms with Crippen LogP contribution < -0.4 is 10.2 Å². The van der Waals surface area contributed by atoms with E-state index < -0.39 is 0 Å². The van der Waals surface area contributed by atoms with Gasteiger partial charge >= 0.3 is 0 Å². The van der Waals surface area contributed by atoms with Crippen LogP contribution in [0.15, 0.2) is 41.3 Å². The first kappa shape index (κ1) is 19.8. The standard InChI is InChI=1S/C22H28N2O2S/c1-16-4-6-20(15-17(16)2)27-13-8-22(25)23-21-7-5-19(14-18(21)3)24-9-11-26-12-10-24/h4-7,14-15H,8-13H2,1-3H3,(H,23,25). The molecule has 1 N–H and O–H groups in total. The van der Waals surface area contributed by atoms with Crippen molar-refractivity contribution in [3.63, 3.8) is 0 Å². The van der Waals surface area contributed by atoms with Crippen LogP contribution in [0.3, 0.4) is 0 Å². The molecule has 4 nitrogen and oxygen atoms in total. The summed E-state index contributed by atoms with van der Waals surface area (Å²) in [6.45, 7) is 9.66. The van der Waals surface area contributed by atoms with Gasteiger partial charge in [0.05, 0.1) is 13.2 Å². The van der Waals surface area contributed by atoms with E-state index in [9.17, 15) is 4.79 Å². The minimum atomic E-state index is 0.0635. The molecule has 0 bridgehead atoms. The minimum Gasteiger partial charge on any atom is -0.378 e. The zero-order valence-electron chi connectivity index (χ0n) is 16.4. The zero-order valence-corrected chi connectivity index (χ0v) is 17.2. The molecule has 0 atom stereocenters. The first-order valence-electron chi connectivity index (χ1n) is 9.46. The number of amides is 1. The fourth-order valence-electron chi connectivity index (χ4n) is 3.08. The average molecular weight is 385 g/mol. The lowest BCUT2D eigenvalue weighted by Crippen LogP contribution is -2.36. The van der Waals surface area contributed by atoms with Gasteiger partial charge < -0.3 is 15.0 Å². The summed E-state index contributed by atoms with van der Waals surface area (Å²) in [5.74, 6) is 0.841. The number of morpholine rings is 1. The Kier molecular flexibility index (Phi) is 6.80. The number of hydrogen-bond acceptors (Lipinski definition) is 4. The molecule has 27 heavy (non-hydrogen) atoms. The van der Waals surface area contributed by atoms with Gasteiger partial charge in [0.1, 0.15) is 0 Å². The van der Waals surface area contributed by atoms with E-state index in [2.05, 4.69) is 54.4 Å². The second-order valence-electron chi connectivity index (χ2n) is 6.99. The van der Waals surface area contributed by atoms with Gasteiger partial charge in [-0.3, -0.25) is 4.79 Å². The van der Waals surface area contributed by atoms with E-state index in [4.69, 9.17) is 4.74 Å². The second kappa shape index (κ2) is 9.29. The largest absolute Gasteiger partial charge is 0.378 e. The number of ether oxygens (including phenoxy) is 1. The van der Waals surface area contributed by atoms with Crippen molar-refractivity contribution in [3.8, 4) is 0 Å². The van der Waals surface area contributed by atoms with Gasteiger partial charge in [-0.2, -0.15) is 0 Å². The highest BCUT2D eigenvalue weighted by atomic mass is 32.2. The number of nitrogens with one attached hydrogen (secondary N) is 1. The molecule has 2 aromatic rings. The molecule has 0 unspecified atom stereocenters. The van der Waals surface area contributed by atoms with E-state index in [1.165, 1.54) is 21.7 Å². The van der Waals surface area contributed by atoms with Crippen molar-refractivity contribution in [2.24, 2.45) is 0 Å². The molecule has 0 aromatic heterocycles. The highest BCUT2D eigenvalue weighted by molar-refractivity contribution is 7.99. The lowest BCUT2D eigenvalue weighted by molar-refractivity contribution is -0.115. The maximum absolute atomic E-state index is 12.3. The third-order valence-corrected chi connectivity index (χ3v) is 5.93. The van der Waals surface area contributed by atoms with Crippen molar-refractivity contribution in [1.29, 1.82) is 0 Å². The predicted octanol–water partition coefficient (Wildman–Crippen LogP) is 4.57. The highest BCUT2D eigenvalue weighted by Crippen LogP contribution is 2.25. The number of carbonyl (C=O) groups is 1. The number of hydrogen-bond donors (Lipinski definition) is 1. The van der Waals surface area contributed by atoms with Crippen LogP contribution in [-0.4, -0.2) is 38.0 Å². The molecule has 1 aliphatic heterocycles. The number of benzene rings is 2. The summed E-state index contributed by atoms with van der Waals surface area (Å²) in [7, 11) is 0. The van der Waals surface area contributed by atoms with E-state index >= 15 is 0 Å². The fraction of sp³-hybridized carbons (Fsp3) is 0.409. The number of rotatable bonds is 6. The van der Waals surface area contributed by atoms with E-state index in [0.29, 0.717) is 6.42 Å². The van der Waals surface area contributed by atoms with Crippen LogP contribution in [0.5, 0.6) is 0 Å². The topological polar surface area (TPSA) is 41.6 Å². The van der Waals surface area contributed by atoms with Crippen LogP contribution >= 0.6 is 11.8 Å². The smallest absolute Gasteiger partial charge is 0.225 e. The summed E-state index contributed by atoms with van der Waals surface area (Å²) in [5, 5.41) is 3.05. The van der Waals surface area contributed by atoms with E-state index in [0.717, 1.165) is 43.3 Å². The Hall–Kier alpha value is -1.98. The van der Waals surface area contributed by atoms with Gasteiger partial charge in [-0.25, -0.2) is 0 Å². The first-order chi connectivity index (χ1) is 13.0. The third kappa shape index (κ3) is 5.50. The van der Waals surface area contributed by atoms with Gasteiger partial charge in [0, 0.05) is 41.5 Å². The molecule has 1 aliphatic rings. The Labute approximate surface area is 166 Å². The zero-order chi connectivity index (χ0) is 19.2. The molecule has 2 aromatic carbocycles. The van der Waals surface area contributed by atoms with Crippen molar-refractivity contribution in [2.75, 3.05) is 42.3 Å². The summed E-state index contributed by atoms with van der Waals surface area (Å²) in [5.41, 5.74) is 5.77. The molecule has 5 heteroatoms. The van der Waals surface area contributed by atoms with Crippen molar-refractivity contribution < 1.29 is 9.53 Å². The maximum Gasteiger partial charge on any atom is 0.225 e. The lowest BCUT2D eigenvalue weighted by Gasteiger charge is -2.29. The van der Waals surface area contributed by atoms with E-state index in [-0.39, 0.29) is 5.91 Å². The van der Waals surface area contributed by atoms with E-state index in [1.807, 2.05) is 13.0 Å². The van der Waals surface area contributed by atoms with Crippen LogP contribution in [0, 0.1) is 20.8 Å². The van der Waals surface area contributed by atoms with Crippen LogP contribution in [0.2, 0.25) is 0 Å². The molecule has 0 radical (unpaired) electrons. The Balaban J connectivity index is 1.50. The fourth-order valence-corrected chi connectivity index (χ4v) is 4.03. The van der Waals surface area contributed by atoms with Crippen molar-refractivity contribution in [1.82, 2.24) is 0 Å². The number of nitrogens with zero attached hydrogens (tertiary/aromatic N) is 1. The Morgan fingerprint density at radius 1 is 1.04 bits per heavy atom. The van der Waals surface area contributed by atoms with Gasteiger partial charge in [-0.15, -0.1) is 11.8 Å². The van der Waals surface area contributed by atoms with Crippen molar-refractivity contribution in [3.05, 3.63) is 53.1 Å². The SMILES string of the molecule is Cc1ccc(SCCC(=O)Nc2ccc(N3CCOCC3)cc2C)cc1C. The highest BCUT2D eigenvalue weighted by Gasteiger charge is 2.13. The molecule has 3 rings (SSSR count). The van der Waals surface area contributed by atoms with Crippen LogP contribution in [0.25, 0.3) is 0 Å². The summed E-state index contributed by atoms with van der Waals surface area (Å²) < 4.78 is 5.41. The minimum absolute atomic E-state index is 0.0635. The predicted molar refractivity (Wildman–Crippen MR) is 114 cm³/mol.